The van der Waals surface area contributed by atoms with E-state index in [0.29, 0.717) is 47.1 Å². The van der Waals surface area contributed by atoms with Crippen molar-refractivity contribution in [2.45, 2.75) is 19.3 Å². The van der Waals surface area contributed by atoms with Crippen molar-refractivity contribution in [2.24, 2.45) is 21.1 Å². The van der Waals surface area contributed by atoms with Gasteiger partial charge in [-0.3, -0.25) is 19.2 Å². The number of rotatable bonds is 14. The molecule has 3 heterocycles. The second kappa shape index (κ2) is 14.5. The van der Waals surface area contributed by atoms with E-state index in [1.165, 1.54) is 0 Å². The topological polar surface area (TPSA) is 138 Å². The smallest absolute Gasteiger partial charge is 0.272 e. The van der Waals surface area contributed by atoms with Gasteiger partial charge in [-0.25, -0.2) is 0 Å². The van der Waals surface area contributed by atoms with Crippen molar-refractivity contribution in [2.75, 3.05) is 63.8 Å². The van der Waals surface area contributed by atoms with E-state index in [-0.39, 0.29) is 23.6 Å². The van der Waals surface area contributed by atoms with Crippen LogP contribution in [0.1, 0.15) is 50.7 Å². The summed E-state index contributed by atoms with van der Waals surface area (Å²) >= 11 is 0. The second-order valence-corrected chi connectivity index (χ2v) is 11.0. The van der Waals surface area contributed by atoms with Crippen LogP contribution in [0.25, 0.3) is 0 Å². The van der Waals surface area contributed by atoms with Gasteiger partial charge in [-0.2, -0.15) is 0 Å². The molecule has 0 aliphatic heterocycles. The molecule has 3 aromatic heterocycles. The summed E-state index contributed by atoms with van der Waals surface area (Å²) < 4.78 is 4.90. The van der Waals surface area contributed by atoms with Crippen LogP contribution in [0.5, 0.6) is 0 Å². The van der Waals surface area contributed by atoms with E-state index in [1.54, 1.807) is 71.6 Å². The van der Waals surface area contributed by atoms with Crippen LogP contribution in [-0.2, 0) is 25.9 Å². The molecule has 228 valence electrons. The molecule has 13 nitrogen and oxygen atoms in total. The van der Waals surface area contributed by atoms with Crippen molar-refractivity contribution >= 4 is 40.7 Å². The molecule has 0 saturated carbocycles. The average Bonchev–Trinajstić information content (AvgIpc) is 3.57. The molecule has 4 N–H and O–H groups in total. The van der Waals surface area contributed by atoms with Crippen LogP contribution in [0.15, 0.2) is 36.8 Å². The zero-order valence-electron chi connectivity index (χ0n) is 25.6. The summed E-state index contributed by atoms with van der Waals surface area (Å²) in [6.45, 7) is 2.24. The molecule has 0 atom stereocenters. The third-order valence-electron chi connectivity index (χ3n) is 6.59. The summed E-state index contributed by atoms with van der Waals surface area (Å²) in [6.07, 6.45) is 6.95. The second-order valence-electron chi connectivity index (χ2n) is 11.0. The molecule has 0 radical (unpaired) electrons. The van der Waals surface area contributed by atoms with Crippen molar-refractivity contribution in [1.29, 1.82) is 0 Å². The SMILES string of the molecule is CN(C)CCCNC(=O)c1cc(NC(=O)c2cc(NC(=O)c3cc(NC(=O)CCCN(C)C)cn3C)cn2C)cn1C. The third kappa shape index (κ3) is 9.08. The molecule has 0 aliphatic carbocycles. The van der Waals surface area contributed by atoms with Gasteiger partial charge in [-0.05, 0) is 72.3 Å². The highest BCUT2D eigenvalue weighted by Gasteiger charge is 2.19. The largest absolute Gasteiger partial charge is 0.351 e. The van der Waals surface area contributed by atoms with Crippen LogP contribution in [0, 0.1) is 0 Å². The number of hydrogen-bond donors (Lipinski definition) is 4. The fourth-order valence-corrected chi connectivity index (χ4v) is 4.43. The normalized spacial score (nSPS) is 11.2. The van der Waals surface area contributed by atoms with Gasteiger partial charge in [0, 0.05) is 52.7 Å². The molecule has 0 saturated heterocycles. The first-order valence-corrected chi connectivity index (χ1v) is 13.8. The zero-order chi connectivity index (χ0) is 31.0. The molecule has 0 aliphatic rings. The van der Waals surface area contributed by atoms with E-state index in [9.17, 15) is 19.2 Å². The number of anilines is 3. The first-order chi connectivity index (χ1) is 19.8. The lowest BCUT2D eigenvalue weighted by atomic mass is 10.3. The number of hydrogen-bond acceptors (Lipinski definition) is 6. The van der Waals surface area contributed by atoms with Crippen molar-refractivity contribution in [3.05, 3.63) is 53.9 Å². The third-order valence-corrected chi connectivity index (χ3v) is 6.59. The Morgan fingerprint density at radius 2 is 1.02 bits per heavy atom. The van der Waals surface area contributed by atoms with Crippen molar-refractivity contribution in [3.63, 3.8) is 0 Å². The van der Waals surface area contributed by atoms with Crippen LogP contribution in [0.2, 0.25) is 0 Å². The van der Waals surface area contributed by atoms with Gasteiger partial charge >= 0.3 is 0 Å². The number of carbonyl (C=O) groups excluding carboxylic acids is 4. The lowest BCUT2D eigenvalue weighted by molar-refractivity contribution is -0.116. The van der Waals surface area contributed by atoms with Crippen molar-refractivity contribution < 1.29 is 19.2 Å². The minimum atomic E-state index is -0.389. The summed E-state index contributed by atoms with van der Waals surface area (Å²) in [4.78, 5) is 54.9. The maximum atomic E-state index is 13.0. The fraction of sp³-hybridized carbons (Fsp3) is 0.448. The standard InChI is InChI=1S/C29H43N9O4/c1-34(2)12-8-10-26(39)31-20-14-24(37(6)17-20)28(41)33-22-16-25(38(7)19-22)29(42)32-21-15-23(36(5)18-21)27(40)30-11-9-13-35(3)4/h14-19H,8-13H2,1-7H3,(H,30,40)(H,31,39)(H,32,42)(H,33,41). The van der Waals surface area contributed by atoms with Crippen LogP contribution in [-0.4, -0.2) is 95.0 Å². The number of nitrogens with one attached hydrogen (secondary N) is 4. The lowest BCUT2D eigenvalue weighted by Gasteiger charge is -2.10. The molecule has 42 heavy (non-hydrogen) atoms. The Hall–Kier alpha value is -4.36. The van der Waals surface area contributed by atoms with Gasteiger partial charge in [0.15, 0.2) is 0 Å². The predicted octanol–water partition coefficient (Wildman–Crippen LogP) is 2.17. The van der Waals surface area contributed by atoms with Gasteiger partial charge in [-0.1, -0.05) is 0 Å². The highest BCUT2D eigenvalue weighted by Crippen LogP contribution is 2.20. The zero-order valence-corrected chi connectivity index (χ0v) is 25.6. The summed E-state index contributed by atoms with van der Waals surface area (Å²) in [7, 11) is 13.0. The minimum Gasteiger partial charge on any atom is -0.351 e. The first kappa shape index (κ1) is 32.2. The minimum absolute atomic E-state index is 0.112. The molecule has 0 unspecified atom stereocenters. The highest BCUT2D eigenvalue weighted by molar-refractivity contribution is 6.07. The van der Waals surface area contributed by atoms with Crippen LogP contribution in [0.4, 0.5) is 17.1 Å². The number of aryl methyl sites for hydroxylation is 3. The van der Waals surface area contributed by atoms with E-state index in [4.69, 9.17) is 0 Å². The molecule has 4 amide bonds. The lowest BCUT2D eigenvalue weighted by Crippen LogP contribution is -2.28. The van der Waals surface area contributed by atoms with Gasteiger partial charge in [0.1, 0.15) is 17.1 Å². The van der Waals surface area contributed by atoms with Gasteiger partial charge in [0.2, 0.25) is 5.91 Å². The molecule has 0 spiro atoms. The Balaban J connectivity index is 1.59. The molecular weight excluding hydrogens is 538 g/mol. The van der Waals surface area contributed by atoms with E-state index in [1.807, 2.05) is 33.1 Å². The molecule has 0 aromatic carbocycles. The summed E-state index contributed by atoms with van der Waals surface area (Å²) in [5.74, 6) is -1.10. The van der Waals surface area contributed by atoms with E-state index in [0.717, 1.165) is 25.9 Å². The Morgan fingerprint density at radius 3 is 1.48 bits per heavy atom. The Labute approximate surface area is 246 Å². The van der Waals surface area contributed by atoms with Gasteiger partial charge in [0.25, 0.3) is 17.7 Å². The highest BCUT2D eigenvalue weighted by atomic mass is 16.2. The van der Waals surface area contributed by atoms with E-state index < -0.39 is 0 Å². The average molecular weight is 582 g/mol. The Morgan fingerprint density at radius 1 is 0.619 bits per heavy atom. The van der Waals surface area contributed by atoms with Crippen LogP contribution in [0.3, 0.4) is 0 Å². The van der Waals surface area contributed by atoms with E-state index >= 15 is 0 Å². The molecule has 0 fully saturated rings. The molecule has 3 aromatic rings. The van der Waals surface area contributed by atoms with Crippen LogP contribution < -0.4 is 21.3 Å². The molecular formula is C29H43N9O4. The fourth-order valence-electron chi connectivity index (χ4n) is 4.43. The van der Waals surface area contributed by atoms with Crippen molar-refractivity contribution in [1.82, 2.24) is 28.8 Å². The summed E-state index contributed by atoms with van der Waals surface area (Å²) in [5.41, 5.74) is 2.56. The first-order valence-electron chi connectivity index (χ1n) is 13.8. The maximum absolute atomic E-state index is 13.0. The number of nitrogens with zero attached hydrogens (tertiary/aromatic N) is 5. The summed E-state index contributed by atoms with van der Waals surface area (Å²) in [5, 5.41) is 11.4. The quantitative estimate of drug-likeness (QED) is 0.215. The van der Waals surface area contributed by atoms with E-state index in [2.05, 4.69) is 26.2 Å². The molecule has 3 rings (SSSR count). The Kier molecular flexibility index (Phi) is 11.1. The van der Waals surface area contributed by atoms with Gasteiger partial charge in [0.05, 0.1) is 17.1 Å². The maximum Gasteiger partial charge on any atom is 0.272 e. The molecule has 0 bridgehead atoms. The van der Waals surface area contributed by atoms with Gasteiger partial charge in [-0.15, -0.1) is 0 Å². The van der Waals surface area contributed by atoms with Crippen LogP contribution >= 0.6 is 0 Å². The summed E-state index contributed by atoms with van der Waals surface area (Å²) in [6, 6.07) is 4.81. The number of carbonyl (C=O) groups is 4. The van der Waals surface area contributed by atoms with Gasteiger partial charge < -0.3 is 44.8 Å². The van der Waals surface area contributed by atoms with Crippen molar-refractivity contribution in [3.8, 4) is 0 Å². The number of aromatic nitrogens is 3. The monoisotopic (exact) mass is 581 g/mol. The Bertz CT molecular complexity index is 1410. The predicted molar refractivity (Wildman–Crippen MR) is 164 cm³/mol. The number of amides is 4. The molecule has 13 heteroatoms.